The summed E-state index contributed by atoms with van der Waals surface area (Å²) < 4.78 is 18.1. The van der Waals surface area contributed by atoms with Crippen LogP contribution in [0.15, 0.2) is 41.2 Å². The Kier molecular flexibility index (Phi) is 7.59. The zero-order valence-corrected chi connectivity index (χ0v) is 23.9. The van der Waals surface area contributed by atoms with E-state index in [9.17, 15) is 19.2 Å². The highest BCUT2D eigenvalue weighted by Gasteiger charge is 2.50. The minimum absolute atomic E-state index is 0.0864. The maximum atomic E-state index is 13.6. The topological polar surface area (TPSA) is 126 Å². The molecule has 0 aliphatic carbocycles. The average molecular weight is 562 g/mol. The van der Waals surface area contributed by atoms with Gasteiger partial charge in [0.1, 0.15) is 12.2 Å². The maximum absolute atomic E-state index is 13.6. The summed E-state index contributed by atoms with van der Waals surface area (Å²) in [4.78, 5) is 56.3. The third kappa shape index (κ3) is 5.55. The number of esters is 2. The van der Waals surface area contributed by atoms with Crippen LogP contribution >= 0.6 is 0 Å². The van der Waals surface area contributed by atoms with E-state index in [0.29, 0.717) is 61.3 Å². The summed E-state index contributed by atoms with van der Waals surface area (Å²) in [6, 6.07) is 11.5. The Balaban J connectivity index is 1.32. The number of para-hydroxylation sites is 1. The number of nitrogens with one attached hydrogen (secondary N) is 1. The Morgan fingerprint density at radius 2 is 1.90 bits per heavy atom. The zero-order valence-electron chi connectivity index (χ0n) is 23.9. The van der Waals surface area contributed by atoms with Crippen molar-refractivity contribution in [2.24, 2.45) is 0 Å². The van der Waals surface area contributed by atoms with E-state index >= 15 is 0 Å². The van der Waals surface area contributed by atoms with Gasteiger partial charge in [-0.1, -0.05) is 31.5 Å². The molecule has 10 heteroatoms. The molecule has 1 aromatic carbocycles. The lowest BCUT2D eigenvalue weighted by atomic mass is 9.85. The lowest BCUT2D eigenvalue weighted by Crippen LogP contribution is -2.49. The van der Waals surface area contributed by atoms with Gasteiger partial charge in [0.05, 0.1) is 29.0 Å². The van der Waals surface area contributed by atoms with E-state index in [1.165, 1.54) is 0 Å². The Hall–Kier alpha value is -4.21. The van der Waals surface area contributed by atoms with Gasteiger partial charge in [-0.05, 0) is 58.2 Å². The molecule has 0 radical (unpaired) electrons. The van der Waals surface area contributed by atoms with Gasteiger partial charge in [0.15, 0.2) is 0 Å². The monoisotopic (exact) mass is 561 g/mol. The van der Waals surface area contributed by atoms with Crippen molar-refractivity contribution in [2.45, 2.75) is 84.2 Å². The molecule has 2 aliphatic heterocycles. The SMILES string of the molecule is CC[C@@]1(OC(=O)NCCCCCC(=O)OC(C)(C)C)C(=O)OCc2c1cc1n(c2=O)Cc2cc3ccccc3nc2-1. The molecule has 0 spiro atoms. The number of hydrogen-bond acceptors (Lipinski definition) is 8. The molecule has 2 aromatic heterocycles. The summed E-state index contributed by atoms with van der Waals surface area (Å²) in [5.74, 6) is -0.966. The molecule has 1 amide bonds. The van der Waals surface area contributed by atoms with Gasteiger partial charge in [-0.15, -0.1) is 0 Å². The fourth-order valence-corrected chi connectivity index (χ4v) is 5.43. The van der Waals surface area contributed by atoms with Crippen molar-refractivity contribution in [1.29, 1.82) is 0 Å². The molecule has 41 heavy (non-hydrogen) atoms. The summed E-state index contributed by atoms with van der Waals surface area (Å²) in [6.07, 6.45) is 1.55. The van der Waals surface area contributed by atoms with Crippen molar-refractivity contribution in [3.05, 3.63) is 63.4 Å². The Bertz CT molecular complexity index is 1590. The van der Waals surface area contributed by atoms with E-state index < -0.39 is 23.3 Å². The number of ether oxygens (including phenoxy) is 3. The Labute approximate surface area is 238 Å². The second kappa shape index (κ2) is 11.0. The number of amides is 1. The molecule has 0 saturated carbocycles. The van der Waals surface area contributed by atoms with Crippen LogP contribution in [-0.2, 0) is 42.6 Å². The van der Waals surface area contributed by atoms with Crippen LogP contribution in [-0.4, -0.2) is 39.7 Å². The molecule has 10 nitrogen and oxygen atoms in total. The highest BCUT2D eigenvalue weighted by Crippen LogP contribution is 2.40. The number of alkyl carbamates (subject to hydrolysis) is 1. The molecular weight excluding hydrogens is 526 g/mol. The molecule has 3 aromatic rings. The van der Waals surface area contributed by atoms with Crippen LogP contribution in [0.5, 0.6) is 0 Å². The van der Waals surface area contributed by atoms with Crippen molar-refractivity contribution in [3.8, 4) is 11.4 Å². The van der Waals surface area contributed by atoms with Crippen molar-refractivity contribution in [1.82, 2.24) is 14.9 Å². The molecule has 4 heterocycles. The Morgan fingerprint density at radius 1 is 1.12 bits per heavy atom. The molecule has 0 bridgehead atoms. The van der Waals surface area contributed by atoms with Crippen LogP contribution < -0.4 is 10.9 Å². The normalized spacial score (nSPS) is 17.3. The number of fused-ring (bicyclic) bond motifs is 5. The molecule has 5 rings (SSSR count). The van der Waals surface area contributed by atoms with Crippen LogP contribution in [0, 0.1) is 0 Å². The Morgan fingerprint density at radius 3 is 2.66 bits per heavy atom. The van der Waals surface area contributed by atoms with Crippen molar-refractivity contribution >= 4 is 28.9 Å². The van der Waals surface area contributed by atoms with Gasteiger partial charge in [0, 0.05) is 29.5 Å². The smallest absolute Gasteiger partial charge is 0.408 e. The number of benzene rings is 1. The summed E-state index contributed by atoms with van der Waals surface area (Å²) >= 11 is 0. The van der Waals surface area contributed by atoms with Crippen molar-refractivity contribution < 1.29 is 28.6 Å². The van der Waals surface area contributed by atoms with Gasteiger partial charge in [-0.3, -0.25) is 9.59 Å². The van der Waals surface area contributed by atoms with Crippen LogP contribution in [0.3, 0.4) is 0 Å². The van der Waals surface area contributed by atoms with E-state index in [1.807, 2.05) is 51.1 Å². The second-order valence-electron chi connectivity index (χ2n) is 11.5. The minimum atomic E-state index is -1.76. The average Bonchev–Trinajstić information content (AvgIpc) is 3.28. The second-order valence-corrected chi connectivity index (χ2v) is 11.5. The lowest BCUT2D eigenvalue weighted by Gasteiger charge is -2.35. The molecule has 1 atom stereocenters. The number of nitrogens with zero attached hydrogens (tertiary/aromatic N) is 2. The van der Waals surface area contributed by atoms with E-state index in [0.717, 1.165) is 16.5 Å². The maximum Gasteiger partial charge on any atom is 0.408 e. The highest BCUT2D eigenvalue weighted by atomic mass is 16.6. The highest BCUT2D eigenvalue weighted by molar-refractivity contribution is 5.88. The summed E-state index contributed by atoms with van der Waals surface area (Å²) in [7, 11) is 0. The van der Waals surface area contributed by atoms with Crippen LogP contribution in [0.2, 0.25) is 0 Å². The predicted molar refractivity (Wildman–Crippen MR) is 151 cm³/mol. The lowest BCUT2D eigenvalue weighted by molar-refractivity contribution is -0.172. The number of rotatable bonds is 8. The zero-order chi connectivity index (χ0) is 29.4. The van der Waals surface area contributed by atoms with Gasteiger partial charge in [0.2, 0.25) is 5.60 Å². The van der Waals surface area contributed by atoms with Crippen molar-refractivity contribution in [3.63, 3.8) is 0 Å². The third-order valence-electron chi connectivity index (χ3n) is 7.40. The number of cyclic esters (lactones) is 1. The van der Waals surface area contributed by atoms with Crippen LogP contribution in [0.1, 0.15) is 76.5 Å². The van der Waals surface area contributed by atoms with Gasteiger partial charge in [0.25, 0.3) is 5.56 Å². The molecule has 0 saturated heterocycles. The standard InChI is InChI=1S/C31H35N3O7/c1-5-31(41-29(38)32-14-10-6-7-13-25(35)40-30(2,3)4)22-16-24-26-20(15-19-11-8-9-12-23(19)33-26)17-34(24)27(36)21(22)18-39-28(31)37/h8-9,11-12,15-16H,5-7,10,13-14,17-18H2,1-4H3,(H,32,38)/t31-/m0/s1. The quantitative estimate of drug-likeness (QED) is 0.186. The van der Waals surface area contributed by atoms with E-state index in [-0.39, 0.29) is 24.6 Å². The largest absolute Gasteiger partial charge is 0.460 e. The van der Waals surface area contributed by atoms with Gasteiger partial charge in [-0.25, -0.2) is 14.6 Å². The van der Waals surface area contributed by atoms with E-state index in [1.54, 1.807) is 17.6 Å². The summed E-state index contributed by atoms with van der Waals surface area (Å²) in [5.41, 5.74) is 1.01. The molecule has 0 unspecified atom stereocenters. The molecule has 1 N–H and O–H groups in total. The van der Waals surface area contributed by atoms with Crippen LogP contribution in [0.25, 0.3) is 22.3 Å². The first kappa shape index (κ1) is 28.3. The van der Waals surface area contributed by atoms with Crippen LogP contribution in [0.4, 0.5) is 4.79 Å². The van der Waals surface area contributed by atoms with E-state index in [4.69, 9.17) is 19.2 Å². The predicted octanol–water partition coefficient (Wildman–Crippen LogP) is 4.72. The number of pyridine rings is 2. The molecular formula is C31H35N3O7. The number of unbranched alkanes of at least 4 members (excludes halogenated alkanes) is 2. The first-order chi connectivity index (χ1) is 19.5. The number of carbonyl (C=O) groups excluding carboxylic acids is 3. The van der Waals surface area contributed by atoms with E-state index in [2.05, 4.69) is 5.32 Å². The molecule has 2 aliphatic rings. The van der Waals surface area contributed by atoms with Gasteiger partial charge in [-0.2, -0.15) is 0 Å². The summed E-state index contributed by atoms with van der Waals surface area (Å²) in [6.45, 7) is 7.65. The molecule has 0 fully saturated rings. The van der Waals surface area contributed by atoms with Crippen molar-refractivity contribution in [2.75, 3.05) is 6.54 Å². The first-order valence-electron chi connectivity index (χ1n) is 14.0. The number of aromatic nitrogens is 2. The van der Waals surface area contributed by atoms with Gasteiger partial charge < -0.3 is 24.1 Å². The van der Waals surface area contributed by atoms with Gasteiger partial charge >= 0.3 is 18.0 Å². The minimum Gasteiger partial charge on any atom is -0.460 e. The number of hydrogen-bond donors (Lipinski definition) is 1. The fraction of sp³-hybridized carbons (Fsp3) is 0.452. The number of carbonyl (C=O) groups is 3. The molecule has 216 valence electrons. The fourth-order valence-electron chi connectivity index (χ4n) is 5.43. The first-order valence-corrected chi connectivity index (χ1v) is 14.0. The summed E-state index contributed by atoms with van der Waals surface area (Å²) in [5, 5.41) is 3.66. The third-order valence-corrected chi connectivity index (χ3v) is 7.40.